The first-order chi connectivity index (χ1) is 6.25. The van der Waals surface area contributed by atoms with Gasteiger partial charge in [0.25, 0.3) is 0 Å². The van der Waals surface area contributed by atoms with Crippen LogP contribution in [0.15, 0.2) is 0 Å². The molecule has 0 saturated heterocycles. The highest BCUT2D eigenvalue weighted by atomic mass is 79.9. The molecule has 76 valence electrons. The molecular formula is C12H21Br. The van der Waals surface area contributed by atoms with E-state index in [-0.39, 0.29) is 0 Å². The second-order valence-corrected chi connectivity index (χ2v) is 5.73. The third-order valence-corrected chi connectivity index (χ3v) is 5.64. The quantitative estimate of drug-likeness (QED) is 0.650. The summed E-state index contributed by atoms with van der Waals surface area (Å²) in [6, 6.07) is 0. The van der Waals surface area contributed by atoms with Crippen molar-refractivity contribution >= 4 is 15.9 Å². The predicted octanol–water partition coefficient (Wildman–Crippen LogP) is 4.23. The predicted molar refractivity (Wildman–Crippen MR) is 61.1 cm³/mol. The molecule has 2 fully saturated rings. The van der Waals surface area contributed by atoms with Crippen LogP contribution in [-0.2, 0) is 0 Å². The molecule has 0 spiro atoms. The lowest BCUT2D eigenvalue weighted by Gasteiger charge is -2.36. The van der Waals surface area contributed by atoms with Gasteiger partial charge in [0.1, 0.15) is 0 Å². The van der Waals surface area contributed by atoms with Crippen molar-refractivity contribution in [2.45, 2.75) is 46.0 Å². The molecule has 0 radical (unpaired) electrons. The summed E-state index contributed by atoms with van der Waals surface area (Å²) in [5, 5.41) is 1.25. The maximum absolute atomic E-state index is 3.76. The van der Waals surface area contributed by atoms with E-state index in [4.69, 9.17) is 0 Å². The molecule has 0 heterocycles. The molecule has 0 aromatic carbocycles. The molecule has 2 aliphatic carbocycles. The van der Waals surface area contributed by atoms with Crippen LogP contribution in [-0.4, -0.2) is 5.33 Å². The lowest BCUT2D eigenvalue weighted by molar-refractivity contribution is 0.168. The van der Waals surface area contributed by atoms with Gasteiger partial charge < -0.3 is 0 Å². The average Bonchev–Trinajstić information content (AvgIpc) is 2.77. The van der Waals surface area contributed by atoms with Crippen LogP contribution in [0.25, 0.3) is 0 Å². The highest BCUT2D eigenvalue weighted by molar-refractivity contribution is 9.09. The van der Waals surface area contributed by atoms with E-state index in [1.807, 2.05) is 0 Å². The van der Waals surface area contributed by atoms with E-state index < -0.39 is 0 Å². The number of fused-ring (bicyclic) bond motifs is 1. The van der Waals surface area contributed by atoms with Crippen LogP contribution >= 0.6 is 15.9 Å². The van der Waals surface area contributed by atoms with E-state index in [1.54, 1.807) is 6.42 Å². The second-order valence-electron chi connectivity index (χ2n) is 5.17. The Labute approximate surface area is 90.6 Å². The van der Waals surface area contributed by atoms with Crippen LogP contribution in [0.4, 0.5) is 0 Å². The monoisotopic (exact) mass is 244 g/mol. The topological polar surface area (TPSA) is 0 Å². The first-order valence-electron chi connectivity index (χ1n) is 5.81. The van der Waals surface area contributed by atoms with Gasteiger partial charge in [0, 0.05) is 5.33 Å². The number of rotatable bonds is 4. The highest BCUT2D eigenvalue weighted by Gasteiger charge is 2.55. The minimum absolute atomic E-state index is 0.692. The highest BCUT2D eigenvalue weighted by Crippen LogP contribution is 2.63. The largest absolute Gasteiger partial charge is 0.0922 e. The minimum atomic E-state index is 0.692. The van der Waals surface area contributed by atoms with Crippen molar-refractivity contribution in [1.82, 2.24) is 0 Å². The Morgan fingerprint density at radius 2 is 1.77 bits per heavy atom. The minimum Gasteiger partial charge on any atom is -0.0922 e. The van der Waals surface area contributed by atoms with Gasteiger partial charge in [-0.25, -0.2) is 0 Å². The molecule has 0 aliphatic heterocycles. The molecule has 1 heteroatoms. The zero-order chi connectivity index (χ0) is 9.47. The molecule has 2 rings (SSSR count). The number of hydrogen-bond donors (Lipinski definition) is 0. The van der Waals surface area contributed by atoms with Crippen LogP contribution in [0.5, 0.6) is 0 Å². The molecule has 0 nitrogen and oxygen atoms in total. The molecule has 2 aliphatic rings. The lowest BCUT2D eigenvalue weighted by atomic mass is 9.71. The number of hydrogen-bond acceptors (Lipinski definition) is 0. The zero-order valence-corrected chi connectivity index (χ0v) is 10.4. The fourth-order valence-electron chi connectivity index (χ4n) is 3.64. The summed E-state index contributed by atoms with van der Waals surface area (Å²) in [7, 11) is 0. The van der Waals surface area contributed by atoms with E-state index >= 15 is 0 Å². The third-order valence-electron chi connectivity index (χ3n) is 4.52. The van der Waals surface area contributed by atoms with Crippen molar-refractivity contribution in [3.63, 3.8) is 0 Å². The standard InChI is InChI=1S/C12H21Br/c1-3-11(4-2)12(8-13)6-9-5-10(9)7-12/h9-11H,3-8H2,1-2H3. The van der Waals surface area contributed by atoms with Gasteiger partial charge in [-0.05, 0) is 42.4 Å². The van der Waals surface area contributed by atoms with Crippen molar-refractivity contribution < 1.29 is 0 Å². The normalized spacial score (nSPS) is 42.5. The molecule has 13 heavy (non-hydrogen) atoms. The van der Waals surface area contributed by atoms with Crippen molar-refractivity contribution in [1.29, 1.82) is 0 Å². The maximum Gasteiger partial charge on any atom is 0.00908 e. The van der Waals surface area contributed by atoms with Crippen molar-refractivity contribution in [2.75, 3.05) is 5.33 Å². The maximum atomic E-state index is 3.76. The van der Waals surface area contributed by atoms with E-state index in [2.05, 4.69) is 29.8 Å². The summed E-state index contributed by atoms with van der Waals surface area (Å²) in [5.41, 5.74) is 0.692. The van der Waals surface area contributed by atoms with Crippen molar-refractivity contribution in [2.24, 2.45) is 23.2 Å². The summed E-state index contributed by atoms with van der Waals surface area (Å²) < 4.78 is 0. The lowest BCUT2D eigenvalue weighted by Crippen LogP contribution is -2.30. The van der Waals surface area contributed by atoms with Gasteiger partial charge in [0.2, 0.25) is 0 Å². The van der Waals surface area contributed by atoms with Gasteiger partial charge in [-0.15, -0.1) is 0 Å². The van der Waals surface area contributed by atoms with Crippen LogP contribution < -0.4 is 0 Å². The van der Waals surface area contributed by atoms with Gasteiger partial charge in [-0.2, -0.15) is 0 Å². The molecule has 0 aromatic heterocycles. The van der Waals surface area contributed by atoms with Crippen LogP contribution in [0.3, 0.4) is 0 Å². The number of halogens is 1. The van der Waals surface area contributed by atoms with Crippen molar-refractivity contribution in [3.8, 4) is 0 Å². The first kappa shape index (κ1) is 10.0. The molecule has 2 atom stereocenters. The Kier molecular flexibility index (Phi) is 2.75. The SMILES string of the molecule is CCC(CC)C1(CBr)CC2CC2C1. The Bertz CT molecular complexity index is 174. The fourth-order valence-corrected chi connectivity index (χ4v) is 4.56. The summed E-state index contributed by atoms with van der Waals surface area (Å²) in [4.78, 5) is 0. The smallest absolute Gasteiger partial charge is 0.00908 e. The Morgan fingerprint density at radius 1 is 1.23 bits per heavy atom. The molecule has 0 aromatic rings. The summed E-state index contributed by atoms with van der Waals surface area (Å²) in [6.45, 7) is 4.73. The first-order valence-corrected chi connectivity index (χ1v) is 6.94. The van der Waals surface area contributed by atoms with Gasteiger partial charge in [-0.3, -0.25) is 0 Å². The van der Waals surface area contributed by atoms with Gasteiger partial charge in [0.15, 0.2) is 0 Å². The zero-order valence-electron chi connectivity index (χ0n) is 8.85. The van der Waals surface area contributed by atoms with E-state index in [0.29, 0.717) is 5.41 Å². The Morgan fingerprint density at radius 3 is 2.15 bits per heavy atom. The summed E-state index contributed by atoms with van der Waals surface area (Å²) in [5.74, 6) is 3.22. The van der Waals surface area contributed by atoms with Crippen LogP contribution in [0.2, 0.25) is 0 Å². The summed E-state index contributed by atoms with van der Waals surface area (Å²) >= 11 is 3.76. The number of alkyl halides is 1. The Balaban J connectivity index is 2.06. The van der Waals surface area contributed by atoms with Crippen LogP contribution in [0, 0.1) is 23.2 Å². The Hall–Kier alpha value is 0.480. The molecular weight excluding hydrogens is 224 g/mol. The van der Waals surface area contributed by atoms with E-state index in [0.717, 1.165) is 17.8 Å². The van der Waals surface area contributed by atoms with E-state index in [9.17, 15) is 0 Å². The van der Waals surface area contributed by atoms with Gasteiger partial charge in [0.05, 0.1) is 0 Å². The molecule has 0 bridgehead atoms. The fraction of sp³-hybridized carbons (Fsp3) is 1.00. The van der Waals surface area contributed by atoms with Gasteiger partial charge in [-0.1, -0.05) is 42.6 Å². The average molecular weight is 245 g/mol. The second kappa shape index (κ2) is 3.56. The van der Waals surface area contributed by atoms with Gasteiger partial charge >= 0.3 is 0 Å². The van der Waals surface area contributed by atoms with Crippen LogP contribution in [0.1, 0.15) is 46.0 Å². The van der Waals surface area contributed by atoms with E-state index in [1.165, 1.54) is 31.0 Å². The molecule has 0 N–H and O–H groups in total. The molecule has 0 amide bonds. The van der Waals surface area contributed by atoms with Crippen molar-refractivity contribution in [3.05, 3.63) is 0 Å². The molecule has 2 unspecified atom stereocenters. The molecule has 2 saturated carbocycles. The summed E-state index contributed by atoms with van der Waals surface area (Å²) in [6.07, 6.45) is 7.35. The third kappa shape index (κ3) is 1.58.